The lowest BCUT2D eigenvalue weighted by Crippen LogP contribution is -2.45. The molecule has 0 spiro atoms. The van der Waals surface area contributed by atoms with Crippen molar-refractivity contribution < 1.29 is 19.6 Å². The number of nitro groups is 1. The SMILES string of the molecule is Cc1cc2c(cc1[N+](=O)[O-])N(C(=O)C1CCC1C(=O)O)CC2. The molecule has 1 N–H and O–H groups in total. The maximum atomic E-state index is 12.6. The molecule has 2 atom stereocenters. The molecule has 1 heterocycles. The molecule has 1 aliphatic carbocycles. The Morgan fingerprint density at radius 3 is 2.55 bits per heavy atom. The van der Waals surface area contributed by atoms with Gasteiger partial charge in [-0.3, -0.25) is 19.7 Å². The molecule has 1 aromatic rings. The summed E-state index contributed by atoms with van der Waals surface area (Å²) in [7, 11) is 0. The molecule has 0 aromatic heterocycles. The van der Waals surface area contributed by atoms with Crippen molar-refractivity contribution in [2.24, 2.45) is 11.8 Å². The van der Waals surface area contributed by atoms with E-state index >= 15 is 0 Å². The van der Waals surface area contributed by atoms with E-state index in [2.05, 4.69) is 0 Å². The zero-order valence-corrected chi connectivity index (χ0v) is 12.1. The van der Waals surface area contributed by atoms with Crippen molar-refractivity contribution in [3.8, 4) is 0 Å². The second kappa shape index (κ2) is 5.08. The monoisotopic (exact) mass is 304 g/mol. The van der Waals surface area contributed by atoms with Crippen molar-refractivity contribution >= 4 is 23.3 Å². The Morgan fingerprint density at radius 2 is 2.00 bits per heavy atom. The van der Waals surface area contributed by atoms with Crippen molar-refractivity contribution in [2.75, 3.05) is 11.4 Å². The lowest BCUT2D eigenvalue weighted by atomic mass is 9.73. The number of nitro benzene ring substituents is 1. The van der Waals surface area contributed by atoms with Crippen molar-refractivity contribution in [1.82, 2.24) is 0 Å². The molecule has 3 rings (SSSR count). The van der Waals surface area contributed by atoms with Crippen LogP contribution in [0.4, 0.5) is 11.4 Å². The maximum absolute atomic E-state index is 12.6. The average molecular weight is 304 g/mol. The lowest BCUT2D eigenvalue weighted by Gasteiger charge is -2.35. The molecule has 1 aromatic carbocycles. The number of carbonyl (C=O) groups excluding carboxylic acids is 1. The third-order valence-corrected chi connectivity index (χ3v) is 4.66. The highest BCUT2D eigenvalue weighted by Gasteiger charge is 2.44. The summed E-state index contributed by atoms with van der Waals surface area (Å²) in [6.07, 6.45) is 1.72. The topological polar surface area (TPSA) is 101 Å². The quantitative estimate of drug-likeness (QED) is 0.679. The highest BCUT2D eigenvalue weighted by atomic mass is 16.6. The van der Waals surface area contributed by atoms with E-state index in [9.17, 15) is 19.7 Å². The van der Waals surface area contributed by atoms with E-state index in [1.807, 2.05) is 0 Å². The van der Waals surface area contributed by atoms with Gasteiger partial charge in [-0.25, -0.2) is 0 Å². The van der Waals surface area contributed by atoms with Crippen LogP contribution in [-0.4, -0.2) is 28.5 Å². The number of amides is 1. The van der Waals surface area contributed by atoms with Gasteiger partial charge in [-0.2, -0.15) is 0 Å². The zero-order valence-electron chi connectivity index (χ0n) is 12.1. The van der Waals surface area contributed by atoms with Gasteiger partial charge in [0.25, 0.3) is 5.69 Å². The van der Waals surface area contributed by atoms with Gasteiger partial charge in [-0.15, -0.1) is 0 Å². The fraction of sp³-hybridized carbons (Fsp3) is 0.467. The minimum absolute atomic E-state index is 0.0122. The number of carboxylic acids is 1. The van der Waals surface area contributed by atoms with Crippen LogP contribution in [0.25, 0.3) is 0 Å². The largest absolute Gasteiger partial charge is 0.481 e. The van der Waals surface area contributed by atoms with Gasteiger partial charge in [0.15, 0.2) is 0 Å². The number of carbonyl (C=O) groups is 2. The lowest BCUT2D eigenvalue weighted by molar-refractivity contribution is -0.385. The summed E-state index contributed by atoms with van der Waals surface area (Å²) in [5.41, 5.74) is 2.02. The molecule has 1 amide bonds. The number of fused-ring (bicyclic) bond motifs is 1. The Balaban J connectivity index is 1.91. The number of hydrogen-bond acceptors (Lipinski definition) is 4. The second-order valence-electron chi connectivity index (χ2n) is 5.89. The average Bonchev–Trinajstić information content (AvgIpc) is 2.77. The molecule has 0 bridgehead atoms. The predicted octanol–water partition coefficient (Wildman–Crippen LogP) is 1.90. The second-order valence-corrected chi connectivity index (χ2v) is 5.89. The van der Waals surface area contributed by atoms with E-state index < -0.39 is 22.7 Å². The number of aliphatic carboxylic acids is 1. The summed E-state index contributed by atoms with van der Waals surface area (Å²) in [5.74, 6) is -2.31. The summed E-state index contributed by atoms with van der Waals surface area (Å²) >= 11 is 0. The molecule has 1 aliphatic heterocycles. The summed E-state index contributed by atoms with van der Waals surface area (Å²) in [6.45, 7) is 2.13. The summed E-state index contributed by atoms with van der Waals surface area (Å²) < 4.78 is 0. The van der Waals surface area contributed by atoms with E-state index in [0.717, 1.165) is 5.56 Å². The third kappa shape index (κ3) is 2.13. The van der Waals surface area contributed by atoms with Crippen LogP contribution in [0.3, 0.4) is 0 Å². The minimum Gasteiger partial charge on any atom is -0.481 e. The number of benzene rings is 1. The molecule has 116 valence electrons. The molecule has 7 heteroatoms. The molecule has 1 fully saturated rings. The van der Waals surface area contributed by atoms with Crippen molar-refractivity contribution in [2.45, 2.75) is 26.2 Å². The summed E-state index contributed by atoms with van der Waals surface area (Å²) in [5, 5.41) is 20.1. The summed E-state index contributed by atoms with van der Waals surface area (Å²) in [6, 6.07) is 3.18. The van der Waals surface area contributed by atoms with Crippen molar-refractivity contribution in [3.05, 3.63) is 33.4 Å². The van der Waals surface area contributed by atoms with Crippen LogP contribution in [0, 0.1) is 28.9 Å². The molecule has 2 unspecified atom stereocenters. The minimum atomic E-state index is -0.945. The van der Waals surface area contributed by atoms with Gasteiger partial charge in [-0.1, -0.05) is 0 Å². The van der Waals surface area contributed by atoms with Gasteiger partial charge >= 0.3 is 5.97 Å². The Morgan fingerprint density at radius 1 is 1.32 bits per heavy atom. The Labute approximate surface area is 126 Å². The number of carboxylic acid groups (broad SMARTS) is 1. The van der Waals surface area contributed by atoms with Gasteiger partial charge in [0, 0.05) is 18.2 Å². The number of nitrogens with zero attached hydrogens (tertiary/aromatic N) is 2. The maximum Gasteiger partial charge on any atom is 0.307 e. The van der Waals surface area contributed by atoms with Crippen LogP contribution in [-0.2, 0) is 16.0 Å². The highest BCUT2D eigenvalue weighted by molar-refractivity contribution is 6.00. The van der Waals surface area contributed by atoms with Crippen LogP contribution < -0.4 is 4.90 Å². The first-order chi connectivity index (χ1) is 10.4. The van der Waals surface area contributed by atoms with Gasteiger partial charge < -0.3 is 10.0 Å². The van der Waals surface area contributed by atoms with E-state index in [4.69, 9.17) is 5.11 Å². The van der Waals surface area contributed by atoms with E-state index in [1.165, 1.54) is 11.0 Å². The molecule has 7 nitrogen and oxygen atoms in total. The first kappa shape index (κ1) is 14.5. The third-order valence-electron chi connectivity index (χ3n) is 4.66. The summed E-state index contributed by atoms with van der Waals surface area (Å²) in [4.78, 5) is 35.8. The van der Waals surface area contributed by atoms with Crippen LogP contribution in [0.15, 0.2) is 12.1 Å². The highest BCUT2D eigenvalue weighted by Crippen LogP contribution is 2.40. The Hall–Kier alpha value is -2.44. The Kier molecular flexibility index (Phi) is 3.35. The van der Waals surface area contributed by atoms with Crippen molar-refractivity contribution in [1.29, 1.82) is 0 Å². The fourth-order valence-electron chi connectivity index (χ4n) is 3.27. The van der Waals surface area contributed by atoms with Crippen LogP contribution in [0.1, 0.15) is 24.0 Å². The number of rotatable bonds is 3. The van der Waals surface area contributed by atoms with Gasteiger partial charge in [0.1, 0.15) is 0 Å². The van der Waals surface area contributed by atoms with Crippen molar-refractivity contribution in [3.63, 3.8) is 0 Å². The van der Waals surface area contributed by atoms with Gasteiger partial charge in [-0.05, 0) is 37.8 Å². The zero-order chi connectivity index (χ0) is 16.0. The molecule has 22 heavy (non-hydrogen) atoms. The number of anilines is 1. The number of aryl methyl sites for hydroxylation is 1. The van der Waals surface area contributed by atoms with Gasteiger partial charge in [0.2, 0.25) is 5.91 Å². The first-order valence-electron chi connectivity index (χ1n) is 7.22. The first-order valence-corrected chi connectivity index (χ1v) is 7.22. The molecule has 0 radical (unpaired) electrons. The predicted molar refractivity (Wildman–Crippen MR) is 77.7 cm³/mol. The van der Waals surface area contributed by atoms with Crippen LogP contribution in [0.5, 0.6) is 0 Å². The molecule has 0 saturated heterocycles. The fourth-order valence-corrected chi connectivity index (χ4v) is 3.27. The van der Waals surface area contributed by atoms with Crippen LogP contribution in [0.2, 0.25) is 0 Å². The number of hydrogen-bond donors (Lipinski definition) is 1. The van der Waals surface area contributed by atoms with E-state index in [0.29, 0.717) is 37.1 Å². The molecular formula is C15H16N2O5. The van der Waals surface area contributed by atoms with Gasteiger partial charge in [0.05, 0.1) is 22.4 Å². The standard InChI is InChI=1S/C15H16N2O5/c1-8-6-9-4-5-16(13(9)7-12(8)17(21)22)14(18)10-2-3-11(10)15(19)20/h6-7,10-11H,2-5H2,1H3,(H,19,20). The molecule has 1 saturated carbocycles. The van der Waals surface area contributed by atoms with Crippen LogP contribution >= 0.6 is 0 Å². The Bertz CT molecular complexity index is 685. The normalized spacial score (nSPS) is 22.9. The smallest absolute Gasteiger partial charge is 0.307 e. The van der Waals surface area contributed by atoms with E-state index in [1.54, 1.807) is 13.0 Å². The molecular weight excluding hydrogens is 288 g/mol. The molecule has 2 aliphatic rings. The van der Waals surface area contributed by atoms with E-state index in [-0.39, 0.29) is 11.6 Å².